The van der Waals surface area contributed by atoms with E-state index in [9.17, 15) is 8.42 Å². The smallest absolute Gasteiger partial charge is 0.175 e. The molecule has 22 heavy (non-hydrogen) atoms. The number of aromatic nitrogens is 2. The molecule has 1 heterocycles. The Morgan fingerprint density at radius 1 is 1.23 bits per heavy atom. The fraction of sp³-hybridized carbons (Fsp3) is 0.438. The Hall–Kier alpha value is -1.66. The lowest BCUT2D eigenvalue weighted by atomic mass is 10.1. The molecule has 2 atom stereocenters. The highest BCUT2D eigenvalue weighted by molar-refractivity contribution is 7.90. The second-order valence-corrected chi connectivity index (χ2v) is 7.84. The molecule has 120 valence electrons. The van der Waals surface area contributed by atoms with Crippen LogP contribution in [0.3, 0.4) is 0 Å². The van der Waals surface area contributed by atoms with E-state index in [4.69, 9.17) is 0 Å². The summed E-state index contributed by atoms with van der Waals surface area (Å²) in [4.78, 5) is 0.352. The molecule has 0 radical (unpaired) electrons. The summed E-state index contributed by atoms with van der Waals surface area (Å²) in [5, 5.41) is 7.79. The Morgan fingerprint density at radius 3 is 2.36 bits per heavy atom. The molecule has 1 aromatic heterocycles. The highest BCUT2D eigenvalue weighted by atomic mass is 32.2. The van der Waals surface area contributed by atoms with Crippen molar-refractivity contribution in [1.29, 1.82) is 0 Å². The Morgan fingerprint density at radius 2 is 1.86 bits per heavy atom. The van der Waals surface area contributed by atoms with E-state index < -0.39 is 9.84 Å². The fourth-order valence-corrected chi connectivity index (χ4v) is 2.82. The average molecular weight is 321 g/mol. The van der Waals surface area contributed by atoms with Gasteiger partial charge < -0.3 is 5.32 Å². The van der Waals surface area contributed by atoms with E-state index >= 15 is 0 Å². The van der Waals surface area contributed by atoms with Gasteiger partial charge in [-0.2, -0.15) is 5.10 Å². The van der Waals surface area contributed by atoms with Crippen LogP contribution in [0.4, 0.5) is 0 Å². The number of hydrogen-bond acceptors (Lipinski definition) is 4. The van der Waals surface area contributed by atoms with E-state index in [0.29, 0.717) is 11.4 Å². The molecule has 0 fully saturated rings. The van der Waals surface area contributed by atoms with Gasteiger partial charge in [0.25, 0.3) is 0 Å². The minimum absolute atomic E-state index is 0.240. The summed E-state index contributed by atoms with van der Waals surface area (Å²) in [6.07, 6.45) is 5.10. The van der Waals surface area contributed by atoms with Gasteiger partial charge in [0.05, 0.1) is 17.1 Å². The summed E-state index contributed by atoms with van der Waals surface area (Å²) in [5.41, 5.74) is 2.21. The topological polar surface area (TPSA) is 64.0 Å². The molecular formula is C16H23N3O2S. The van der Waals surface area contributed by atoms with Gasteiger partial charge in [-0.3, -0.25) is 4.68 Å². The van der Waals surface area contributed by atoms with Gasteiger partial charge in [0.2, 0.25) is 0 Å². The summed E-state index contributed by atoms with van der Waals surface area (Å²) in [5.74, 6) is 0. The van der Waals surface area contributed by atoms with Gasteiger partial charge in [0.1, 0.15) is 0 Å². The molecule has 1 aromatic carbocycles. The van der Waals surface area contributed by atoms with E-state index in [1.807, 2.05) is 36.1 Å². The first-order valence-electron chi connectivity index (χ1n) is 7.30. The van der Waals surface area contributed by atoms with Gasteiger partial charge in [-0.15, -0.1) is 0 Å². The van der Waals surface area contributed by atoms with Crippen molar-refractivity contribution >= 4 is 9.84 Å². The van der Waals surface area contributed by atoms with Crippen LogP contribution >= 0.6 is 0 Å². The highest BCUT2D eigenvalue weighted by Crippen LogP contribution is 2.13. The lowest BCUT2D eigenvalue weighted by Crippen LogP contribution is -2.33. The lowest BCUT2D eigenvalue weighted by Gasteiger charge is -2.22. The van der Waals surface area contributed by atoms with Crippen molar-refractivity contribution in [2.45, 2.75) is 44.3 Å². The minimum atomic E-state index is -3.13. The minimum Gasteiger partial charge on any atom is -0.308 e. The average Bonchev–Trinajstić information content (AvgIpc) is 2.90. The van der Waals surface area contributed by atoms with E-state index in [-0.39, 0.29) is 12.1 Å². The van der Waals surface area contributed by atoms with Crippen molar-refractivity contribution < 1.29 is 8.42 Å². The molecular weight excluding hydrogens is 298 g/mol. The summed E-state index contributed by atoms with van der Waals surface area (Å²) in [7, 11) is -3.13. The maximum Gasteiger partial charge on any atom is 0.175 e. The molecule has 0 unspecified atom stereocenters. The number of sulfone groups is 1. The molecule has 0 saturated heterocycles. The van der Waals surface area contributed by atoms with Crippen molar-refractivity contribution in [2.75, 3.05) is 6.26 Å². The Kier molecular flexibility index (Phi) is 5.03. The lowest BCUT2D eigenvalue weighted by molar-refractivity contribution is 0.365. The second-order valence-electron chi connectivity index (χ2n) is 5.82. The maximum absolute atomic E-state index is 11.4. The molecule has 5 nitrogen and oxygen atoms in total. The quantitative estimate of drug-likeness (QED) is 0.887. The SMILES string of the molecule is Cc1cnn([C@H](C)[C@@H](C)NCc2ccc(S(C)(=O)=O)cc2)c1. The maximum atomic E-state index is 11.4. The van der Waals surface area contributed by atoms with Gasteiger partial charge in [0, 0.05) is 25.0 Å². The monoisotopic (exact) mass is 321 g/mol. The van der Waals surface area contributed by atoms with Gasteiger partial charge >= 0.3 is 0 Å². The molecule has 2 rings (SSSR count). The van der Waals surface area contributed by atoms with Crippen LogP contribution in [0, 0.1) is 6.92 Å². The first-order valence-corrected chi connectivity index (χ1v) is 9.19. The van der Waals surface area contributed by atoms with Crippen LogP contribution in [-0.4, -0.2) is 30.5 Å². The van der Waals surface area contributed by atoms with Crippen LogP contribution < -0.4 is 5.32 Å². The molecule has 0 aliphatic rings. The predicted molar refractivity (Wildman–Crippen MR) is 87.5 cm³/mol. The Balaban J connectivity index is 1.95. The largest absolute Gasteiger partial charge is 0.308 e. The number of aryl methyl sites for hydroxylation is 1. The number of nitrogens with zero attached hydrogens (tertiary/aromatic N) is 2. The Labute approximate surface area is 132 Å². The molecule has 0 spiro atoms. The molecule has 0 aliphatic heterocycles. The fourth-order valence-electron chi connectivity index (χ4n) is 2.19. The zero-order valence-corrected chi connectivity index (χ0v) is 14.3. The van der Waals surface area contributed by atoms with Crippen molar-refractivity contribution in [1.82, 2.24) is 15.1 Å². The van der Waals surface area contributed by atoms with Crippen LogP contribution in [0.2, 0.25) is 0 Å². The number of rotatable bonds is 6. The van der Waals surface area contributed by atoms with E-state index in [1.165, 1.54) is 6.26 Å². The first kappa shape index (κ1) is 16.7. The molecule has 0 bridgehead atoms. The first-order chi connectivity index (χ1) is 10.3. The number of nitrogens with one attached hydrogen (secondary N) is 1. The third-order valence-corrected chi connectivity index (χ3v) is 4.98. The zero-order chi connectivity index (χ0) is 16.3. The van der Waals surface area contributed by atoms with Crippen LogP contribution in [0.25, 0.3) is 0 Å². The normalized spacial score (nSPS) is 14.7. The van der Waals surface area contributed by atoms with E-state index in [0.717, 1.165) is 11.1 Å². The van der Waals surface area contributed by atoms with E-state index in [1.54, 1.807) is 12.1 Å². The third kappa shape index (κ3) is 4.18. The van der Waals surface area contributed by atoms with Crippen LogP contribution in [0.5, 0.6) is 0 Å². The molecule has 0 saturated carbocycles. The van der Waals surface area contributed by atoms with E-state index in [2.05, 4.69) is 24.3 Å². The predicted octanol–water partition coefficient (Wildman–Crippen LogP) is 2.33. The van der Waals surface area contributed by atoms with Crippen LogP contribution in [0.1, 0.15) is 31.0 Å². The van der Waals surface area contributed by atoms with Crippen molar-refractivity contribution in [3.05, 3.63) is 47.8 Å². The molecule has 0 aliphatic carbocycles. The number of hydrogen-bond donors (Lipinski definition) is 1. The van der Waals surface area contributed by atoms with Crippen molar-refractivity contribution in [3.8, 4) is 0 Å². The summed E-state index contributed by atoms with van der Waals surface area (Å²) < 4.78 is 24.8. The second kappa shape index (κ2) is 6.62. The van der Waals surface area contributed by atoms with Gasteiger partial charge in [-0.05, 0) is 44.0 Å². The Bertz CT molecular complexity index is 720. The van der Waals surface area contributed by atoms with Gasteiger partial charge in [0.15, 0.2) is 9.84 Å². The van der Waals surface area contributed by atoms with Crippen molar-refractivity contribution in [2.24, 2.45) is 0 Å². The highest BCUT2D eigenvalue weighted by Gasteiger charge is 2.14. The number of benzene rings is 1. The van der Waals surface area contributed by atoms with Gasteiger partial charge in [-0.1, -0.05) is 12.1 Å². The van der Waals surface area contributed by atoms with Crippen LogP contribution in [-0.2, 0) is 16.4 Å². The third-order valence-electron chi connectivity index (χ3n) is 3.85. The summed E-state index contributed by atoms with van der Waals surface area (Å²) >= 11 is 0. The van der Waals surface area contributed by atoms with Crippen LogP contribution in [0.15, 0.2) is 41.6 Å². The molecule has 2 aromatic rings. The summed E-state index contributed by atoms with van der Waals surface area (Å²) in [6, 6.07) is 7.48. The molecule has 0 amide bonds. The standard InChI is InChI=1S/C16H23N3O2S/c1-12-9-18-19(11-12)14(3)13(2)17-10-15-5-7-16(8-6-15)22(4,20)21/h5-9,11,13-14,17H,10H2,1-4H3/t13-,14-/m1/s1. The summed E-state index contributed by atoms with van der Waals surface area (Å²) in [6.45, 7) is 6.96. The molecule has 1 N–H and O–H groups in total. The zero-order valence-electron chi connectivity index (χ0n) is 13.4. The van der Waals surface area contributed by atoms with Crippen molar-refractivity contribution in [3.63, 3.8) is 0 Å². The molecule has 6 heteroatoms. The van der Waals surface area contributed by atoms with Gasteiger partial charge in [-0.25, -0.2) is 8.42 Å².